The van der Waals surface area contributed by atoms with Gasteiger partial charge in [-0.1, -0.05) is 41.9 Å². The predicted octanol–water partition coefficient (Wildman–Crippen LogP) is 3.47. The Hall–Kier alpha value is -2.37. The van der Waals surface area contributed by atoms with Gasteiger partial charge in [-0.05, 0) is 35.7 Å². The number of methoxy groups -OCH3 is 1. The molecule has 1 atom stereocenters. The molecule has 0 aliphatic heterocycles. The summed E-state index contributed by atoms with van der Waals surface area (Å²) in [4.78, 5) is 23.2. The van der Waals surface area contributed by atoms with Crippen molar-refractivity contribution in [2.45, 2.75) is 18.9 Å². The number of hydrogen-bond donors (Lipinski definition) is 2. The van der Waals surface area contributed by atoms with Crippen molar-refractivity contribution in [3.8, 4) is 0 Å². The Morgan fingerprint density at radius 3 is 2.48 bits per heavy atom. The van der Waals surface area contributed by atoms with Gasteiger partial charge in [0.25, 0.3) is 0 Å². The van der Waals surface area contributed by atoms with Crippen LogP contribution in [0, 0.1) is 0 Å². The van der Waals surface area contributed by atoms with Crippen molar-refractivity contribution < 1.29 is 19.4 Å². The number of halogens is 1. The van der Waals surface area contributed by atoms with Crippen molar-refractivity contribution in [2.75, 3.05) is 13.7 Å². The van der Waals surface area contributed by atoms with Gasteiger partial charge in [-0.3, -0.25) is 4.79 Å². The number of carboxylic acid groups (broad SMARTS) is 1. The molecule has 2 aromatic carbocycles. The molecule has 0 radical (unpaired) electrons. The van der Waals surface area contributed by atoms with Crippen LogP contribution in [-0.4, -0.2) is 30.6 Å². The molecule has 0 spiro atoms. The van der Waals surface area contributed by atoms with Gasteiger partial charge in [0.05, 0.1) is 11.7 Å². The van der Waals surface area contributed by atoms with Crippen LogP contribution in [0.3, 0.4) is 0 Å². The lowest BCUT2D eigenvalue weighted by Gasteiger charge is -2.16. The molecule has 0 aromatic heterocycles. The van der Waals surface area contributed by atoms with Gasteiger partial charge in [0.2, 0.25) is 5.91 Å². The molecule has 0 fully saturated rings. The lowest BCUT2D eigenvalue weighted by molar-refractivity contribution is -0.121. The Labute approximate surface area is 151 Å². The minimum absolute atomic E-state index is 0.156. The largest absolute Gasteiger partial charge is 0.478 e. The lowest BCUT2D eigenvalue weighted by Crippen LogP contribution is -2.29. The Balaban J connectivity index is 1.88. The third-order valence-electron chi connectivity index (χ3n) is 3.88. The quantitative estimate of drug-likeness (QED) is 0.754. The van der Waals surface area contributed by atoms with E-state index in [1.807, 2.05) is 12.1 Å². The molecule has 0 saturated carbocycles. The highest BCUT2D eigenvalue weighted by atomic mass is 35.5. The molecule has 6 heteroatoms. The van der Waals surface area contributed by atoms with Crippen LogP contribution in [0.2, 0.25) is 5.02 Å². The van der Waals surface area contributed by atoms with Gasteiger partial charge in [0.1, 0.15) is 0 Å². The van der Waals surface area contributed by atoms with E-state index in [-0.39, 0.29) is 24.0 Å². The van der Waals surface area contributed by atoms with E-state index in [9.17, 15) is 9.59 Å². The maximum absolute atomic E-state index is 12.1. The van der Waals surface area contributed by atoms with Crippen LogP contribution >= 0.6 is 11.6 Å². The first-order valence-electron chi connectivity index (χ1n) is 7.87. The number of aryl methyl sites for hydroxylation is 1. The van der Waals surface area contributed by atoms with Gasteiger partial charge < -0.3 is 15.2 Å². The summed E-state index contributed by atoms with van der Waals surface area (Å²) in [5.74, 6) is -1.14. The standard InChI is InChI=1S/C19H20ClNO4/c1-25-17(14-6-9-15(20)10-7-14)12-21-18(22)11-8-13-4-2-3-5-16(13)19(23)24/h2-7,9-10,17H,8,11-12H2,1H3,(H,21,22)(H,23,24). The molecule has 132 valence electrons. The molecule has 0 aliphatic rings. The Kier molecular flexibility index (Phi) is 6.98. The summed E-state index contributed by atoms with van der Waals surface area (Å²) in [7, 11) is 1.58. The Morgan fingerprint density at radius 1 is 1.16 bits per heavy atom. The second kappa shape index (κ2) is 9.20. The number of carboxylic acids is 1. The molecule has 0 saturated heterocycles. The molecule has 2 N–H and O–H groups in total. The second-order valence-electron chi connectivity index (χ2n) is 5.54. The third-order valence-corrected chi connectivity index (χ3v) is 4.13. The highest BCUT2D eigenvalue weighted by Crippen LogP contribution is 2.18. The van der Waals surface area contributed by atoms with Crippen molar-refractivity contribution in [3.63, 3.8) is 0 Å². The molecule has 25 heavy (non-hydrogen) atoms. The lowest BCUT2D eigenvalue weighted by atomic mass is 10.0. The molecule has 1 unspecified atom stereocenters. The Morgan fingerprint density at radius 2 is 1.84 bits per heavy atom. The maximum Gasteiger partial charge on any atom is 0.335 e. The van der Waals surface area contributed by atoms with E-state index < -0.39 is 5.97 Å². The predicted molar refractivity (Wildman–Crippen MR) is 95.9 cm³/mol. The number of benzene rings is 2. The number of aromatic carboxylic acids is 1. The van der Waals surface area contributed by atoms with E-state index in [2.05, 4.69) is 5.32 Å². The molecule has 0 heterocycles. The minimum atomic E-state index is -0.988. The number of nitrogens with one attached hydrogen (secondary N) is 1. The van der Waals surface area contributed by atoms with Crippen molar-refractivity contribution in [3.05, 3.63) is 70.2 Å². The number of ether oxygens (including phenoxy) is 1. The number of hydrogen-bond acceptors (Lipinski definition) is 3. The molecule has 5 nitrogen and oxygen atoms in total. The van der Waals surface area contributed by atoms with Crippen LogP contribution < -0.4 is 5.32 Å². The van der Waals surface area contributed by atoms with Gasteiger partial charge in [-0.15, -0.1) is 0 Å². The number of carbonyl (C=O) groups is 2. The summed E-state index contributed by atoms with van der Waals surface area (Å²) in [5.41, 5.74) is 1.79. The molecule has 1 amide bonds. The van der Waals surface area contributed by atoms with E-state index in [1.54, 1.807) is 37.4 Å². The fourth-order valence-corrected chi connectivity index (χ4v) is 2.63. The summed E-state index contributed by atoms with van der Waals surface area (Å²) in [6.07, 6.45) is 0.307. The summed E-state index contributed by atoms with van der Waals surface area (Å²) in [5, 5.41) is 12.6. The molecule has 2 aromatic rings. The topological polar surface area (TPSA) is 75.6 Å². The van der Waals surface area contributed by atoms with Gasteiger partial charge in [0, 0.05) is 25.1 Å². The first kappa shape index (κ1) is 19.0. The Bertz CT molecular complexity index is 730. The monoisotopic (exact) mass is 361 g/mol. The zero-order chi connectivity index (χ0) is 18.2. The maximum atomic E-state index is 12.1. The van der Waals surface area contributed by atoms with Crippen LogP contribution in [0.5, 0.6) is 0 Å². The molecular formula is C19H20ClNO4. The average molecular weight is 362 g/mol. The van der Waals surface area contributed by atoms with E-state index in [4.69, 9.17) is 21.4 Å². The highest BCUT2D eigenvalue weighted by molar-refractivity contribution is 6.30. The summed E-state index contributed by atoms with van der Waals surface area (Å²) in [6.45, 7) is 0.331. The van der Waals surface area contributed by atoms with Crippen LogP contribution in [0.4, 0.5) is 0 Å². The first-order valence-corrected chi connectivity index (χ1v) is 8.25. The zero-order valence-corrected chi connectivity index (χ0v) is 14.6. The van der Waals surface area contributed by atoms with Crippen LogP contribution in [0.15, 0.2) is 48.5 Å². The minimum Gasteiger partial charge on any atom is -0.478 e. The van der Waals surface area contributed by atoms with Gasteiger partial charge in [-0.25, -0.2) is 4.79 Å². The number of amides is 1. The zero-order valence-electron chi connectivity index (χ0n) is 13.9. The van der Waals surface area contributed by atoms with Crippen molar-refractivity contribution in [2.24, 2.45) is 0 Å². The van der Waals surface area contributed by atoms with Crippen LogP contribution in [0.1, 0.15) is 34.0 Å². The fraction of sp³-hybridized carbons (Fsp3) is 0.263. The van der Waals surface area contributed by atoms with Crippen molar-refractivity contribution >= 4 is 23.5 Å². The van der Waals surface area contributed by atoms with Crippen LogP contribution in [0.25, 0.3) is 0 Å². The summed E-state index contributed by atoms with van der Waals surface area (Å²) in [6, 6.07) is 13.9. The molecule has 0 bridgehead atoms. The van der Waals surface area contributed by atoms with E-state index in [0.29, 0.717) is 23.6 Å². The molecule has 0 aliphatic carbocycles. The fourth-order valence-electron chi connectivity index (χ4n) is 2.50. The normalized spacial score (nSPS) is 11.8. The summed E-state index contributed by atoms with van der Waals surface area (Å²) >= 11 is 5.87. The van der Waals surface area contributed by atoms with Gasteiger partial charge >= 0.3 is 5.97 Å². The number of rotatable bonds is 8. The van der Waals surface area contributed by atoms with E-state index in [1.165, 1.54) is 6.07 Å². The van der Waals surface area contributed by atoms with E-state index >= 15 is 0 Å². The first-order chi connectivity index (χ1) is 12.0. The molecule has 2 rings (SSSR count). The molecular weight excluding hydrogens is 342 g/mol. The number of carbonyl (C=O) groups excluding carboxylic acids is 1. The van der Waals surface area contributed by atoms with Crippen molar-refractivity contribution in [1.82, 2.24) is 5.32 Å². The van der Waals surface area contributed by atoms with Crippen LogP contribution in [-0.2, 0) is 16.0 Å². The smallest absolute Gasteiger partial charge is 0.335 e. The SMILES string of the molecule is COC(CNC(=O)CCc1ccccc1C(=O)O)c1ccc(Cl)cc1. The van der Waals surface area contributed by atoms with Gasteiger partial charge in [0.15, 0.2) is 0 Å². The van der Waals surface area contributed by atoms with E-state index in [0.717, 1.165) is 5.56 Å². The van der Waals surface area contributed by atoms with Crippen molar-refractivity contribution in [1.29, 1.82) is 0 Å². The third kappa shape index (κ3) is 5.59. The van der Waals surface area contributed by atoms with Gasteiger partial charge in [-0.2, -0.15) is 0 Å². The highest BCUT2D eigenvalue weighted by Gasteiger charge is 2.14. The second-order valence-corrected chi connectivity index (χ2v) is 5.98. The average Bonchev–Trinajstić information content (AvgIpc) is 2.62. The summed E-state index contributed by atoms with van der Waals surface area (Å²) < 4.78 is 5.40.